The van der Waals surface area contributed by atoms with Crippen LogP contribution >= 0.6 is 0 Å². The molecule has 0 N–H and O–H groups in total. The van der Waals surface area contributed by atoms with Crippen molar-refractivity contribution < 1.29 is 22.8 Å². The van der Waals surface area contributed by atoms with Crippen LogP contribution in [0.25, 0.3) is 0 Å². The molecule has 0 aromatic carbocycles. The second-order valence-electron chi connectivity index (χ2n) is 3.00. The second-order valence-corrected chi connectivity index (χ2v) is 5.76. The highest BCUT2D eigenvalue weighted by Gasteiger charge is 2.34. The van der Waals surface area contributed by atoms with Crippen LogP contribution in [0.4, 0.5) is 0 Å². The maximum atomic E-state index is 11.0. The fraction of sp³-hybridized carbons (Fsp3) is 0.500. The van der Waals surface area contributed by atoms with Crippen molar-refractivity contribution in [1.29, 1.82) is 0 Å². The lowest BCUT2D eigenvalue weighted by atomic mass is 10.4. The lowest BCUT2D eigenvalue weighted by molar-refractivity contribution is -0.137. The summed E-state index contributed by atoms with van der Waals surface area (Å²) in [4.78, 5) is 11.0. The summed E-state index contributed by atoms with van der Waals surface area (Å²) >= 11 is 0. The lowest BCUT2D eigenvalue weighted by Crippen LogP contribution is -2.41. The molecule has 0 spiro atoms. The second kappa shape index (κ2) is 7.34. The van der Waals surface area contributed by atoms with Crippen molar-refractivity contribution in [2.75, 3.05) is 27.9 Å². The summed E-state index contributed by atoms with van der Waals surface area (Å²) in [6, 6.07) is 0. The Bertz CT molecular complexity index is 262. The summed E-state index contributed by atoms with van der Waals surface area (Å²) in [6.45, 7) is 5.19. The molecule has 0 aliphatic carbocycles. The van der Waals surface area contributed by atoms with Gasteiger partial charge in [-0.05, 0) is 18.7 Å². The maximum absolute atomic E-state index is 11.0. The van der Waals surface area contributed by atoms with Crippen LogP contribution in [0.1, 0.15) is 6.92 Å². The summed E-state index contributed by atoms with van der Waals surface area (Å²) in [6.07, 6.45) is 1.63. The average molecular weight is 246 g/mol. The lowest BCUT2D eigenvalue weighted by Gasteiger charge is -2.20. The van der Waals surface area contributed by atoms with E-state index in [1.54, 1.807) is 18.7 Å². The van der Waals surface area contributed by atoms with Crippen molar-refractivity contribution in [2.45, 2.75) is 6.92 Å². The van der Waals surface area contributed by atoms with Crippen LogP contribution in [0.5, 0.6) is 0 Å². The van der Waals surface area contributed by atoms with Gasteiger partial charge in [-0.15, -0.1) is 0 Å². The zero-order valence-electron chi connectivity index (χ0n) is 10.1. The molecule has 0 rings (SSSR count). The van der Waals surface area contributed by atoms with E-state index in [2.05, 4.69) is 6.58 Å². The molecule has 0 aromatic rings. The third-order valence-electron chi connectivity index (χ3n) is 1.83. The highest BCUT2D eigenvalue weighted by Crippen LogP contribution is 2.07. The van der Waals surface area contributed by atoms with Gasteiger partial charge in [0.05, 0.1) is 0 Å². The molecule has 0 saturated heterocycles. The fourth-order valence-corrected chi connectivity index (χ4v) is 2.19. The van der Waals surface area contributed by atoms with E-state index in [1.165, 1.54) is 21.3 Å². The predicted molar refractivity (Wildman–Crippen MR) is 61.7 cm³/mol. The number of ether oxygens (including phenoxy) is 1. The molecule has 92 valence electrons. The van der Waals surface area contributed by atoms with Gasteiger partial charge < -0.3 is 18.0 Å². The quantitative estimate of drug-likeness (QED) is 0.382. The average Bonchev–Trinajstić information content (AvgIpc) is 2.30. The summed E-state index contributed by atoms with van der Waals surface area (Å²) < 4.78 is 20.3. The number of esters is 1. The number of rotatable bonds is 7. The maximum Gasteiger partial charge on any atom is 0.528 e. The van der Waals surface area contributed by atoms with Gasteiger partial charge in [0, 0.05) is 26.9 Å². The number of carbonyl (C=O) groups is 1. The third-order valence-corrected chi connectivity index (χ3v) is 4.19. The van der Waals surface area contributed by atoms with Crippen molar-refractivity contribution in [3.05, 3.63) is 23.9 Å². The van der Waals surface area contributed by atoms with Gasteiger partial charge in [0.2, 0.25) is 0 Å². The standard InChI is InChI=1S/C10H18O5Si/c1-9(2)10(11)15-7-6-8-16(12-3,13-4)14-5/h6,8H,1,7H2,2-5H3. The molecule has 0 aliphatic heterocycles. The van der Waals surface area contributed by atoms with Crippen LogP contribution in [0, 0.1) is 0 Å². The Kier molecular flexibility index (Phi) is 6.90. The zero-order chi connectivity index (χ0) is 12.6. The van der Waals surface area contributed by atoms with Gasteiger partial charge in [0.15, 0.2) is 0 Å². The summed E-state index contributed by atoms with van der Waals surface area (Å²) in [7, 11) is 1.80. The largest absolute Gasteiger partial charge is 0.528 e. The Balaban J connectivity index is 4.17. The molecule has 0 radical (unpaired) electrons. The summed E-state index contributed by atoms with van der Waals surface area (Å²) in [5, 5.41) is 0. The van der Waals surface area contributed by atoms with E-state index in [9.17, 15) is 4.79 Å². The van der Waals surface area contributed by atoms with E-state index in [0.29, 0.717) is 5.57 Å². The molecular formula is C10H18O5Si. The SMILES string of the molecule is C=C(C)C(=O)OCC=C[Si](OC)(OC)OC. The van der Waals surface area contributed by atoms with E-state index in [1.807, 2.05) is 0 Å². The van der Waals surface area contributed by atoms with Gasteiger partial charge in [-0.2, -0.15) is 0 Å². The first-order valence-electron chi connectivity index (χ1n) is 4.67. The van der Waals surface area contributed by atoms with Crippen molar-refractivity contribution in [2.24, 2.45) is 0 Å². The molecule has 0 aromatic heterocycles. The highest BCUT2D eigenvalue weighted by atomic mass is 28.4. The molecule has 0 unspecified atom stereocenters. The molecule has 16 heavy (non-hydrogen) atoms. The van der Waals surface area contributed by atoms with Gasteiger partial charge >= 0.3 is 14.8 Å². The molecule has 0 bridgehead atoms. The Labute approximate surface area is 97.0 Å². The van der Waals surface area contributed by atoms with Gasteiger partial charge in [-0.1, -0.05) is 6.58 Å². The topological polar surface area (TPSA) is 54.0 Å². The van der Waals surface area contributed by atoms with Gasteiger partial charge in [-0.25, -0.2) is 4.79 Å². The number of carbonyl (C=O) groups excluding carboxylic acids is 1. The zero-order valence-corrected chi connectivity index (χ0v) is 11.1. The van der Waals surface area contributed by atoms with Crippen molar-refractivity contribution in [3.63, 3.8) is 0 Å². The Morgan fingerprint density at radius 2 is 1.75 bits per heavy atom. The van der Waals surface area contributed by atoms with E-state index in [0.717, 1.165) is 0 Å². The van der Waals surface area contributed by atoms with Gasteiger partial charge in [0.25, 0.3) is 0 Å². The normalized spacial score (nSPS) is 11.8. The van der Waals surface area contributed by atoms with E-state index >= 15 is 0 Å². The Hall–Kier alpha value is -0.953. The predicted octanol–water partition coefficient (Wildman–Crippen LogP) is 1.08. The minimum absolute atomic E-state index is 0.135. The minimum Gasteiger partial charge on any atom is -0.458 e. The molecule has 5 nitrogen and oxygen atoms in total. The Morgan fingerprint density at radius 1 is 1.25 bits per heavy atom. The van der Waals surface area contributed by atoms with Crippen LogP contribution < -0.4 is 0 Å². The van der Waals surface area contributed by atoms with Crippen molar-refractivity contribution in [3.8, 4) is 0 Å². The summed E-state index contributed by atoms with van der Waals surface area (Å²) in [5.74, 6) is -0.427. The van der Waals surface area contributed by atoms with E-state index in [-0.39, 0.29) is 6.61 Å². The minimum atomic E-state index is -2.71. The third kappa shape index (κ3) is 4.71. The number of hydrogen-bond acceptors (Lipinski definition) is 5. The van der Waals surface area contributed by atoms with E-state index in [4.69, 9.17) is 18.0 Å². The first-order chi connectivity index (χ1) is 7.51. The smallest absolute Gasteiger partial charge is 0.458 e. The van der Waals surface area contributed by atoms with E-state index < -0.39 is 14.8 Å². The molecule has 0 saturated carbocycles. The highest BCUT2D eigenvalue weighted by molar-refractivity contribution is 6.66. The molecule has 0 aliphatic rings. The van der Waals surface area contributed by atoms with Crippen LogP contribution in [-0.2, 0) is 22.8 Å². The molecule has 6 heteroatoms. The van der Waals surface area contributed by atoms with Crippen LogP contribution in [0.3, 0.4) is 0 Å². The van der Waals surface area contributed by atoms with Crippen molar-refractivity contribution in [1.82, 2.24) is 0 Å². The fourth-order valence-electron chi connectivity index (χ4n) is 0.894. The molecule has 0 heterocycles. The van der Waals surface area contributed by atoms with Crippen LogP contribution in [0.2, 0.25) is 0 Å². The molecule has 0 fully saturated rings. The molecular weight excluding hydrogens is 228 g/mol. The number of hydrogen-bond donors (Lipinski definition) is 0. The van der Waals surface area contributed by atoms with Crippen molar-refractivity contribution >= 4 is 14.8 Å². The van der Waals surface area contributed by atoms with Gasteiger partial charge in [-0.3, -0.25) is 0 Å². The molecule has 0 amide bonds. The van der Waals surface area contributed by atoms with Crippen LogP contribution in [0.15, 0.2) is 23.9 Å². The monoisotopic (exact) mass is 246 g/mol. The first kappa shape index (κ1) is 15.0. The van der Waals surface area contributed by atoms with Crippen LogP contribution in [-0.4, -0.2) is 42.7 Å². The summed E-state index contributed by atoms with van der Waals surface area (Å²) in [5.41, 5.74) is 2.01. The molecule has 0 atom stereocenters. The Morgan fingerprint density at radius 3 is 2.12 bits per heavy atom. The first-order valence-corrected chi connectivity index (χ1v) is 6.47. The van der Waals surface area contributed by atoms with Gasteiger partial charge in [0.1, 0.15) is 6.61 Å².